The van der Waals surface area contributed by atoms with Crippen LogP contribution in [0.4, 0.5) is 15.8 Å². The van der Waals surface area contributed by atoms with Crippen molar-refractivity contribution >= 4 is 38.1 Å². The lowest BCUT2D eigenvalue weighted by molar-refractivity contribution is 0.102. The Bertz CT molecular complexity index is 1500. The van der Waals surface area contributed by atoms with Gasteiger partial charge in [-0.15, -0.1) is 0 Å². The van der Waals surface area contributed by atoms with E-state index >= 15 is 0 Å². The second kappa shape index (κ2) is 8.57. The van der Waals surface area contributed by atoms with Gasteiger partial charge in [-0.3, -0.25) is 9.10 Å². The highest BCUT2D eigenvalue weighted by Gasteiger charge is 2.21. The summed E-state index contributed by atoms with van der Waals surface area (Å²) in [6.45, 7) is -0.141. The predicted octanol–water partition coefficient (Wildman–Crippen LogP) is 5.30. The van der Waals surface area contributed by atoms with Crippen LogP contribution in [-0.2, 0) is 29.4 Å². The van der Waals surface area contributed by atoms with Crippen molar-refractivity contribution < 1.29 is 17.6 Å². The Morgan fingerprint density at radius 1 is 0.912 bits per heavy atom. The van der Waals surface area contributed by atoms with Crippen LogP contribution in [0.5, 0.6) is 0 Å². The van der Waals surface area contributed by atoms with Crippen molar-refractivity contribution in [2.75, 3.05) is 15.9 Å². The van der Waals surface area contributed by atoms with Gasteiger partial charge in [-0.2, -0.15) is 0 Å². The van der Waals surface area contributed by atoms with Crippen molar-refractivity contribution in [2.24, 2.45) is 0 Å². The number of halogens is 1. The number of sulfonamides is 1. The molecule has 5 nitrogen and oxygen atoms in total. The molecule has 0 saturated carbocycles. The summed E-state index contributed by atoms with van der Waals surface area (Å²) in [6.07, 6.45) is 3.09. The molecular formula is C27H23FN2O3S. The normalized spacial score (nSPS) is 12.6. The molecule has 0 heterocycles. The third-order valence-electron chi connectivity index (χ3n) is 6.21. The molecule has 0 bridgehead atoms. The molecule has 34 heavy (non-hydrogen) atoms. The van der Waals surface area contributed by atoms with E-state index in [1.165, 1.54) is 22.6 Å². The molecule has 0 atom stereocenters. The topological polar surface area (TPSA) is 66.5 Å². The highest BCUT2D eigenvalue weighted by Crippen LogP contribution is 2.35. The Balaban J connectivity index is 1.40. The number of rotatable bonds is 6. The van der Waals surface area contributed by atoms with E-state index in [2.05, 4.69) is 17.4 Å². The third kappa shape index (κ3) is 4.15. The summed E-state index contributed by atoms with van der Waals surface area (Å²) >= 11 is 0. The number of nitrogens with zero attached hydrogens (tertiary/aromatic N) is 1. The van der Waals surface area contributed by atoms with Crippen LogP contribution in [0.3, 0.4) is 0 Å². The van der Waals surface area contributed by atoms with Crippen LogP contribution in [0.2, 0.25) is 0 Å². The van der Waals surface area contributed by atoms with Crippen LogP contribution in [0, 0.1) is 5.82 Å². The monoisotopic (exact) mass is 474 g/mol. The van der Waals surface area contributed by atoms with Crippen molar-refractivity contribution in [1.82, 2.24) is 0 Å². The standard InChI is InChI=1S/C27H23FN2O3S/c1-34(32,33)30(17-21-5-2-3-8-24(21)28)22-14-11-20(12-15-22)27(31)29-25-16-13-19-10-9-18-6-4-7-23(25)26(18)19/h2-8,11-16H,9-10,17H2,1H3,(H,29,31). The number of benzene rings is 4. The molecule has 1 aliphatic carbocycles. The molecule has 4 aromatic rings. The molecule has 1 amide bonds. The van der Waals surface area contributed by atoms with Gasteiger partial charge in [0.1, 0.15) is 5.82 Å². The lowest BCUT2D eigenvalue weighted by Crippen LogP contribution is -2.29. The van der Waals surface area contributed by atoms with Crippen molar-refractivity contribution in [3.63, 3.8) is 0 Å². The first kappa shape index (κ1) is 22.1. The van der Waals surface area contributed by atoms with E-state index in [0.717, 1.165) is 34.5 Å². The Kier molecular flexibility index (Phi) is 5.57. The number of hydrogen-bond acceptors (Lipinski definition) is 3. The van der Waals surface area contributed by atoms with E-state index in [1.54, 1.807) is 42.5 Å². The van der Waals surface area contributed by atoms with Gasteiger partial charge in [-0.1, -0.05) is 42.5 Å². The summed E-state index contributed by atoms with van der Waals surface area (Å²) in [7, 11) is -3.68. The predicted molar refractivity (Wildman–Crippen MR) is 133 cm³/mol. The van der Waals surface area contributed by atoms with Crippen LogP contribution >= 0.6 is 0 Å². The van der Waals surface area contributed by atoms with Gasteiger partial charge >= 0.3 is 0 Å². The summed E-state index contributed by atoms with van der Waals surface area (Å²) in [5.74, 6) is -0.761. The molecule has 0 radical (unpaired) electrons. The lowest BCUT2D eigenvalue weighted by Gasteiger charge is -2.23. The minimum Gasteiger partial charge on any atom is -0.321 e. The Morgan fingerprint density at radius 3 is 2.32 bits per heavy atom. The fourth-order valence-electron chi connectivity index (χ4n) is 4.51. The van der Waals surface area contributed by atoms with Gasteiger partial charge in [0.15, 0.2) is 0 Å². The van der Waals surface area contributed by atoms with Crippen LogP contribution in [0.15, 0.2) is 78.9 Å². The van der Waals surface area contributed by atoms with E-state index in [9.17, 15) is 17.6 Å². The second-order valence-corrected chi connectivity index (χ2v) is 10.4. The molecule has 0 spiro atoms. The van der Waals surface area contributed by atoms with Crippen molar-refractivity contribution in [3.05, 3.63) is 107 Å². The molecule has 0 fully saturated rings. The van der Waals surface area contributed by atoms with Gasteiger partial charge in [-0.25, -0.2) is 12.8 Å². The molecule has 1 aliphatic rings. The number of hydrogen-bond donors (Lipinski definition) is 1. The smallest absolute Gasteiger partial charge is 0.255 e. The average Bonchev–Trinajstić information content (AvgIpc) is 3.24. The highest BCUT2D eigenvalue weighted by molar-refractivity contribution is 7.92. The molecular weight excluding hydrogens is 451 g/mol. The first-order valence-corrected chi connectivity index (χ1v) is 12.8. The van der Waals surface area contributed by atoms with Crippen molar-refractivity contribution in [2.45, 2.75) is 19.4 Å². The number of aryl methyl sites for hydroxylation is 2. The van der Waals surface area contributed by atoms with E-state index in [1.807, 2.05) is 18.2 Å². The van der Waals surface area contributed by atoms with Crippen LogP contribution in [0.25, 0.3) is 10.8 Å². The summed E-state index contributed by atoms with van der Waals surface area (Å²) < 4.78 is 40.1. The summed E-state index contributed by atoms with van der Waals surface area (Å²) in [5.41, 5.74) is 4.35. The highest BCUT2D eigenvalue weighted by atomic mass is 32.2. The molecule has 0 saturated heterocycles. The summed E-state index contributed by atoms with van der Waals surface area (Å²) in [6, 6.07) is 22.5. The van der Waals surface area contributed by atoms with E-state index in [-0.39, 0.29) is 18.0 Å². The SMILES string of the molecule is CS(=O)(=O)N(Cc1ccccc1F)c1ccc(C(=O)Nc2ccc3c4c(cccc24)CC3)cc1. The molecule has 1 N–H and O–H groups in total. The van der Waals surface area contributed by atoms with Crippen LogP contribution in [-0.4, -0.2) is 20.6 Å². The third-order valence-corrected chi connectivity index (χ3v) is 7.36. The first-order chi connectivity index (χ1) is 16.3. The van der Waals surface area contributed by atoms with Gasteiger partial charge in [-0.05, 0) is 65.8 Å². The van der Waals surface area contributed by atoms with E-state index in [4.69, 9.17) is 0 Å². The van der Waals surface area contributed by atoms with Gasteiger partial charge in [0.05, 0.1) is 18.5 Å². The van der Waals surface area contributed by atoms with E-state index in [0.29, 0.717) is 11.3 Å². The van der Waals surface area contributed by atoms with Gasteiger partial charge in [0.25, 0.3) is 5.91 Å². The Hall–Kier alpha value is -3.71. The zero-order valence-corrected chi connectivity index (χ0v) is 19.4. The minimum atomic E-state index is -3.68. The Morgan fingerprint density at radius 2 is 1.62 bits per heavy atom. The fraction of sp³-hybridized carbons (Fsp3) is 0.148. The second-order valence-electron chi connectivity index (χ2n) is 8.47. The maximum absolute atomic E-state index is 14.1. The largest absolute Gasteiger partial charge is 0.321 e. The number of carbonyl (C=O) groups excluding carboxylic acids is 1. The molecule has 0 aliphatic heterocycles. The molecule has 0 aromatic heterocycles. The van der Waals surface area contributed by atoms with E-state index < -0.39 is 15.8 Å². The van der Waals surface area contributed by atoms with Gasteiger partial charge in [0, 0.05) is 22.2 Å². The first-order valence-electron chi connectivity index (χ1n) is 11.0. The molecule has 172 valence electrons. The Labute approximate surface area is 197 Å². The maximum atomic E-state index is 14.1. The molecule has 7 heteroatoms. The lowest BCUT2D eigenvalue weighted by atomic mass is 10.0. The summed E-state index contributed by atoms with van der Waals surface area (Å²) in [4.78, 5) is 13.0. The van der Waals surface area contributed by atoms with Crippen LogP contribution in [0.1, 0.15) is 27.0 Å². The van der Waals surface area contributed by atoms with Gasteiger partial charge < -0.3 is 5.32 Å². The van der Waals surface area contributed by atoms with Crippen LogP contribution < -0.4 is 9.62 Å². The average molecular weight is 475 g/mol. The maximum Gasteiger partial charge on any atom is 0.255 e. The minimum absolute atomic E-state index is 0.141. The van der Waals surface area contributed by atoms with Crippen molar-refractivity contribution in [3.8, 4) is 0 Å². The number of anilines is 2. The molecule has 0 unspecified atom stereocenters. The zero-order chi connectivity index (χ0) is 23.9. The number of nitrogens with one attached hydrogen (secondary N) is 1. The zero-order valence-electron chi connectivity index (χ0n) is 18.6. The molecule has 4 aromatic carbocycles. The quantitative estimate of drug-likeness (QED) is 0.413. The molecule has 5 rings (SSSR count). The van der Waals surface area contributed by atoms with Crippen molar-refractivity contribution in [1.29, 1.82) is 0 Å². The van der Waals surface area contributed by atoms with Gasteiger partial charge in [0.2, 0.25) is 10.0 Å². The fourth-order valence-corrected chi connectivity index (χ4v) is 5.39. The summed E-state index contributed by atoms with van der Waals surface area (Å²) in [5, 5.41) is 5.22. The number of amides is 1. The number of carbonyl (C=O) groups is 1.